The lowest BCUT2D eigenvalue weighted by Gasteiger charge is -2.24. The fourth-order valence-electron chi connectivity index (χ4n) is 1.93. The van der Waals surface area contributed by atoms with Crippen LogP contribution in [-0.4, -0.2) is 37.5 Å². The minimum Gasteiger partial charge on any atom is -0.312 e. The van der Waals surface area contributed by atoms with Gasteiger partial charge in [-0.2, -0.15) is 0 Å². The van der Waals surface area contributed by atoms with Gasteiger partial charge in [-0.3, -0.25) is 9.69 Å². The van der Waals surface area contributed by atoms with Gasteiger partial charge in [-0.15, -0.1) is 0 Å². The second-order valence-corrected chi connectivity index (χ2v) is 4.56. The molecule has 3 heteroatoms. The molecule has 0 N–H and O–H groups in total. The molecule has 0 aliphatic carbocycles. The zero-order valence-corrected chi connectivity index (χ0v) is 11.7. The van der Waals surface area contributed by atoms with Crippen molar-refractivity contribution in [1.29, 1.82) is 0 Å². The average Bonchev–Trinajstić information content (AvgIpc) is 2.38. The summed E-state index contributed by atoms with van der Waals surface area (Å²) < 4.78 is 0. The van der Waals surface area contributed by atoms with Crippen LogP contribution in [0.3, 0.4) is 0 Å². The van der Waals surface area contributed by atoms with Gasteiger partial charge in [-0.1, -0.05) is 31.5 Å². The Bertz CT molecular complexity index is 351. The van der Waals surface area contributed by atoms with Crippen LogP contribution in [0, 0.1) is 0 Å². The monoisotopic (exact) mass is 248 g/mol. The summed E-state index contributed by atoms with van der Waals surface area (Å²) in [6.07, 6.45) is 2.30. The summed E-state index contributed by atoms with van der Waals surface area (Å²) in [5.41, 5.74) is 0.980. The van der Waals surface area contributed by atoms with Crippen molar-refractivity contribution >= 4 is 11.6 Å². The van der Waals surface area contributed by atoms with E-state index in [2.05, 4.69) is 11.8 Å². The Hall–Kier alpha value is -1.35. The van der Waals surface area contributed by atoms with Gasteiger partial charge in [-0.25, -0.2) is 0 Å². The number of rotatable bonds is 7. The summed E-state index contributed by atoms with van der Waals surface area (Å²) >= 11 is 0. The van der Waals surface area contributed by atoms with Crippen LogP contribution in [0.4, 0.5) is 5.69 Å². The molecule has 0 aliphatic heterocycles. The third-order valence-corrected chi connectivity index (χ3v) is 2.98. The van der Waals surface area contributed by atoms with Gasteiger partial charge < -0.3 is 4.90 Å². The second kappa shape index (κ2) is 7.88. The van der Waals surface area contributed by atoms with Crippen molar-refractivity contribution in [3.8, 4) is 0 Å². The quantitative estimate of drug-likeness (QED) is 0.741. The number of carbonyl (C=O) groups excluding carboxylic acids is 1. The standard InChI is InChI=1S/C15H24N2O/c1-4-6-12-16(3)13-15(18)17(5-2)14-10-8-7-9-11-14/h7-11H,4-6,12-13H2,1-3H3. The fourth-order valence-corrected chi connectivity index (χ4v) is 1.93. The van der Waals surface area contributed by atoms with Crippen LogP contribution < -0.4 is 4.90 Å². The molecule has 0 spiro atoms. The number of benzene rings is 1. The molecule has 1 rings (SSSR count). The Kier molecular flexibility index (Phi) is 6.44. The molecule has 0 saturated heterocycles. The van der Waals surface area contributed by atoms with Gasteiger partial charge in [0.2, 0.25) is 5.91 Å². The molecular formula is C15H24N2O. The number of hydrogen-bond donors (Lipinski definition) is 0. The van der Waals surface area contributed by atoms with Gasteiger partial charge in [0.25, 0.3) is 0 Å². The number of unbranched alkanes of at least 4 members (excludes halogenated alkanes) is 1. The Morgan fingerprint density at radius 1 is 1.17 bits per heavy atom. The molecule has 1 amide bonds. The highest BCUT2D eigenvalue weighted by Gasteiger charge is 2.15. The molecule has 0 unspecified atom stereocenters. The first kappa shape index (κ1) is 14.7. The lowest BCUT2D eigenvalue weighted by Crippen LogP contribution is -2.39. The molecule has 0 radical (unpaired) electrons. The van der Waals surface area contributed by atoms with Crippen molar-refractivity contribution in [2.75, 3.05) is 31.6 Å². The summed E-state index contributed by atoms with van der Waals surface area (Å²) in [5.74, 6) is 0.169. The minimum atomic E-state index is 0.169. The highest BCUT2D eigenvalue weighted by atomic mass is 16.2. The molecular weight excluding hydrogens is 224 g/mol. The smallest absolute Gasteiger partial charge is 0.241 e. The van der Waals surface area contributed by atoms with Crippen LogP contribution in [0.5, 0.6) is 0 Å². The van der Waals surface area contributed by atoms with Gasteiger partial charge in [0.15, 0.2) is 0 Å². The first-order valence-corrected chi connectivity index (χ1v) is 6.73. The Morgan fingerprint density at radius 3 is 2.39 bits per heavy atom. The van der Waals surface area contributed by atoms with Crippen LogP contribution in [0.15, 0.2) is 30.3 Å². The van der Waals surface area contributed by atoms with Crippen molar-refractivity contribution in [3.63, 3.8) is 0 Å². The molecule has 18 heavy (non-hydrogen) atoms. The minimum absolute atomic E-state index is 0.169. The Labute approximate surface area is 110 Å². The fraction of sp³-hybridized carbons (Fsp3) is 0.533. The third kappa shape index (κ3) is 4.49. The number of hydrogen-bond acceptors (Lipinski definition) is 2. The Morgan fingerprint density at radius 2 is 1.83 bits per heavy atom. The molecule has 0 heterocycles. The molecule has 0 fully saturated rings. The normalized spacial score (nSPS) is 10.7. The van der Waals surface area contributed by atoms with Crippen molar-refractivity contribution in [2.45, 2.75) is 26.7 Å². The van der Waals surface area contributed by atoms with Crippen molar-refractivity contribution in [1.82, 2.24) is 4.90 Å². The number of anilines is 1. The highest BCUT2D eigenvalue weighted by Crippen LogP contribution is 2.13. The summed E-state index contributed by atoms with van der Waals surface area (Å²) in [6.45, 7) is 6.36. The zero-order chi connectivity index (χ0) is 13.4. The largest absolute Gasteiger partial charge is 0.312 e. The third-order valence-electron chi connectivity index (χ3n) is 2.98. The van der Waals surface area contributed by atoms with Gasteiger partial charge in [-0.05, 0) is 39.1 Å². The van der Waals surface area contributed by atoms with Gasteiger partial charge in [0.1, 0.15) is 0 Å². The van der Waals surface area contributed by atoms with E-state index in [9.17, 15) is 4.79 Å². The van der Waals surface area contributed by atoms with E-state index in [1.54, 1.807) is 0 Å². The first-order valence-electron chi connectivity index (χ1n) is 6.73. The molecule has 1 aromatic rings. The average molecular weight is 248 g/mol. The molecule has 100 valence electrons. The predicted molar refractivity (Wildman–Crippen MR) is 76.9 cm³/mol. The SMILES string of the molecule is CCCCN(C)CC(=O)N(CC)c1ccccc1. The lowest BCUT2D eigenvalue weighted by molar-refractivity contribution is -0.119. The van der Waals surface area contributed by atoms with E-state index < -0.39 is 0 Å². The van der Waals surface area contributed by atoms with Crippen LogP contribution in [-0.2, 0) is 4.79 Å². The van der Waals surface area contributed by atoms with E-state index in [1.165, 1.54) is 0 Å². The molecule has 0 atom stereocenters. The second-order valence-electron chi connectivity index (χ2n) is 4.56. The first-order chi connectivity index (χ1) is 8.69. The van der Waals surface area contributed by atoms with Crippen LogP contribution in [0.1, 0.15) is 26.7 Å². The summed E-state index contributed by atoms with van der Waals surface area (Å²) in [4.78, 5) is 16.2. The molecule has 0 aliphatic rings. The topological polar surface area (TPSA) is 23.6 Å². The lowest BCUT2D eigenvalue weighted by atomic mass is 10.2. The summed E-state index contributed by atoms with van der Waals surface area (Å²) in [7, 11) is 2.01. The molecule has 0 saturated carbocycles. The van der Waals surface area contributed by atoms with E-state index in [-0.39, 0.29) is 5.91 Å². The molecule has 1 aromatic carbocycles. The number of amides is 1. The maximum absolute atomic E-state index is 12.2. The maximum atomic E-state index is 12.2. The van der Waals surface area contributed by atoms with Crippen molar-refractivity contribution in [3.05, 3.63) is 30.3 Å². The predicted octanol–water partition coefficient (Wildman–Crippen LogP) is 2.77. The number of likely N-dealkylation sites (N-methyl/N-ethyl adjacent to an activating group) is 2. The van der Waals surface area contributed by atoms with Crippen LogP contribution in [0.2, 0.25) is 0 Å². The van der Waals surface area contributed by atoms with E-state index in [0.29, 0.717) is 13.1 Å². The molecule has 0 bridgehead atoms. The molecule has 0 aromatic heterocycles. The van der Waals surface area contributed by atoms with Gasteiger partial charge >= 0.3 is 0 Å². The summed E-state index contributed by atoms with van der Waals surface area (Å²) in [6, 6.07) is 9.86. The van der Waals surface area contributed by atoms with Crippen molar-refractivity contribution in [2.24, 2.45) is 0 Å². The van der Waals surface area contributed by atoms with Crippen molar-refractivity contribution < 1.29 is 4.79 Å². The number of carbonyl (C=O) groups is 1. The summed E-state index contributed by atoms with van der Waals surface area (Å²) in [5, 5.41) is 0. The molecule has 3 nitrogen and oxygen atoms in total. The van der Waals surface area contributed by atoms with Crippen LogP contribution >= 0.6 is 0 Å². The zero-order valence-electron chi connectivity index (χ0n) is 11.7. The van der Waals surface area contributed by atoms with E-state index in [0.717, 1.165) is 25.1 Å². The van der Waals surface area contributed by atoms with E-state index in [4.69, 9.17) is 0 Å². The highest BCUT2D eigenvalue weighted by molar-refractivity contribution is 5.94. The van der Waals surface area contributed by atoms with Crippen LogP contribution in [0.25, 0.3) is 0 Å². The Balaban J connectivity index is 2.58. The van der Waals surface area contributed by atoms with Gasteiger partial charge in [0.05, 0.1) is 6.54 Å². The van der Waals surface area contributed by atoms with E-state index in [1.807, 2.05) is 49.2 Å². The van der Waals surface area contributed by atoms with Gasteiger partial charge in [0, 0.05) is 12.2 Å². The number of para-hydroxylation sites is 1. The number of nitrogens with zero attached hydrogens (tertiary/aromatic N) is 2. The maximum Gasteiger partial charge on any atom is 0.241 e. The van der Waals surface area contributed by atoms with E-state index >= 15 is 0 Å².